The number of benzene rings is 1. The second-order valence-corrected chi connectivity index (χ2v) is 5.59. The first-order chi connectivity index (χ1) is 9.74. The molecule has 2 aromatic rings. The maximum atomic E-state index is 5.88. The van der Waals surface area contributed by atoms with E-state index in [2.05, 4.69) is 33.4 Å². The molecule has 0 aliphatic heterocycles. The summed E-state index contributed by atoms with van der Waals surface area (Å²) >= 11 is 0. The van der Waals surface area contributed by atoms with Crippen LogP contribution in [0.4, 0.5) is 5.69 Å². The molecule has 1 aromatic heterocycles. The zero-order valence-electron chi connectivity index (χ0n) is 12.1. The van der Waals surface area contributed by atoms with Crippen molar-refractivity contribution in [3.63, 3.8) is 0 Å². The van der Waals surface area contributed by atoms with Crippen LogP contribution >= 0.6 is 0 Å². The predicted molar refractivity (Wildman–Crippen MR) is 82.4 cm³/mol. The summed E-state index contributed by atoms with van der Waals surface area (Å²) in [4.78, 5) is 6.52. The van der Waals surface area contributed by atoms with Crippen molar-refractivity contribution in [3.05, 3.63) is 30.5 Å². The molecule has 1 aliphatic carbocycles. The molecule has 3 rings (SSSR count). The van der Waals surface area contributed by atoms with Crippen molar-refractivity contribution in [1.82, 2.24) is 9.88 Å². The number of aromatic nitrogens is 1. The summed E-state index contributed by atoms with van der Waals surface area (Å²) in [6.07, 6.45) is 4.33. The maximum absolute atomic E-state index is 5.88. The first kappa shape index (κ1) is 13.2. The molecular formula is C16H21N3O. The average Bonchev–Trinajstić information content (AvgIpc) is 3.23. The summed E-state index contributed by atoms with van der Waals surface area (Å²) in [5.41, 5.74) is 1.14. The molecule has 1 fully saturated rings. The van der Waals surface area contributed by atoms with Gasteiger partial charge in [0.2, 0.25) is 5.88 Å². The highest BCUT2D eigenvalue weighted by molar-refractivity contribution is 5.97. The van der Waals surface area contributed by atoms with Gasteiger partial charge in [-0.15, -0.1) is 0 Å². The lowest BCUT2D eigenvalue weighted by Gasteiger charge is -2.14. The van der Waals surface area contributed by atoms with Crippen LogP contribution < -0.4 is 10.1 Å². The Morgan fingerprint density at radius 3 is 2.90 bits per heavy atom. The zero-order valence-corrected chi connectivity index (χ0v) is 12.1. The van der Waals surface area contributed by atoms with E-state index in [4.69, 9.17) is 4.74 Å². The molecule has 106 valence electrons. The summed E-state index contributed by atoms with van der Waals surface area (Å²) in [5, 5.41) is 5.84. The summed E-state index contributed by atoms with van der Waals surface area (Å²) in [6, 6.07) is 8.95. The lowest BCUT2D eigenvalue weighted by atomic mass is 10.1. The van der Waals surface area contributed by atoms with Crippen LogP contribution in [0.3, 0.4) is 0 Å². The van der Waals surface area contributed by atoms with Gasteiger partial charge in [0, 0.05) is 24.5 Å². The third kappa shape index (κ3) is 3.02. The summed E-state index contributed by atoms with van der Waals surface area (Å²) in [5.74, 6) is 0.730. The summed E-state index contributed by atoms with van der Waals surface area (Å²) in [7, 11) is 4.08. The molecule has 4 nitrogen and oxygen atoms in total. The highest BCUT2D eigenvalue weighted by atomic mass is 16.5. The number of nitrogens with one attached hydrogen (secondary N) is 1. The molecule has 1 N–H and O–H groups in total. The molecule has 0 bridgehead atoms. The van der Waals surface area contributed by atoms with Gasteiger partial charge in [0.1, 0.15) is 6.61 Å². The number of pyridine rings is 1. The molecule has 0 spiro atoms. The minimum atomic E-state index is 0.621. The average molecular weight is 271 g/mol. The molecule has 1 heterocycles. The zero-order chi connectivity index (χ0) is 13.9. The molecular weight excluding hydrogens is 250 g/mol. The Morgan fingerprint density at radius 2 is 2.15 bits per heavy atom. The van der Waals surface area contributed by atoms with E-state index in [1.54, 1.807) is 0 Å². The lowest BCUT2D eigenvalue weighted by Crippen LogP contribution is -2.19. The lowest BCUT2D eigenvalue weighted by molar-refractivity contribution is 0.256. The van der Waals surface area contributed by atoms with Crippen LogP contribution in [0.1, 0.15) is 12.8 Å². The summed E-state index contributed by atoms with van der Waals surface area (Å²) in [6.45, 7) is 1.53. The van der Waals surface area contributed by atoms with Gasteiger partial charge >= 0.3 is 0 Å². The van der Waals surface area contributed by atoms with E-state index in [0.717, 1.165) is 23.5 Å². The monoisotopic (exact) mass is 271 g/mol. The SMILES string of the molecule is CN(C)CCOc1nccc2cccc(NC3CC3)c12. The number of hydrogen-bond donors (Lipinski definition) is 1. The van der Waals surface area contributed by atoms with Gasteiger partial charge in [-0.2, -0.15) is 0 Å². The number of anilines is 1. The first-order valence-corrected chi connectivity index (χ1v) is 7.16. The molecule has 0 radical (unpaired) electrons. The second-order valence-electron chi connectivity index (χ2n) is 5.59. The topological polar surface area (TPSA) is 37.4 Å². The van der Waals surface area contributed by atoms with Crippen LogP contribution in [-0.4, -0.2) is 43.2 Å². The highest BCUT2D eigenvalue weighted by Gasteiger charge is 2.22. The highest BCUT2D eigenvalue weighted by Crippen LogP contribution is 2.34. The van der Waals surface area contributed by atoms with E-state index in [1.165, 1.54) is 18.2 Å². The molecule has 1 aliphatic rings. The quantitative estimate of drug-likeness (QED) is 0.876. The molecule has 20 heavy (non-hydrogen) atoms. The standard InChI is InChI=1S/C16H21N3O/c1-19(2)10-11-20-16-15-12(8-9-17-16)4-3-5-14(15)18-13-6-7-13/h3-5,8-9,13,18H,6-7,10-11H2,1-2H3. The van der Waals surface area contributed by atoms with Gasteiger partial charge in [0.25, 0.3) is 0 Å². The van der Waals surface area contributed by atoms with Crippen molar-refractivity contribution in [2.24, 2.45) is 0 Å². The Hall–Kier alpha value is -1.81. The van der Waals surface area contributed by atoms with Gasteiger partial charge in [-0.1, -0.05) is 12.1 Å². The molecule has 0 saturated heterocycles. The van der Waals surface area contributed by atoms with Crippen LogP contribution in [0.15, 0.2) is 30.5 Å². The van der Waals surface area contributed by atoms with Gasteiger partial charge in [0.15, 0.2) is 0 Å². The molecule has 1 aromatic carbocycles. The van der Waals surface area contributed by atoms with Crippen LogP contribution in [0.25, 0.3) is 10.8 Å². The molecule has 0 unspecified atom stereocenters. The first-order valence-electron chi connectivity index (χ1n) is 7.16. The number of rotatable bonds is 6. The number of hydrogen-bond acceptors (Lipinski definition) is 4. The number of nitrogens with zero attached hydrogens (tertiary/aromatic N) is 2. The maximum Gasteiger partial charge on any atom is 0.223 e. The number of likely N-dealkylation sites (N-methyl/N-ethyl adjacent to an activating group) is 1. The van der Waals surface area contributed by atoms with E-state index < -0.39 is 0 Å². The normalized spacial score (nSPS) is 14.8. The largest absolute Gasteiger partial charge is 0.476 e. The van der Waals surface area contributed by atoms with Gasteiger partial charge in [-0.05, 0) is 44.5 Å². The Kier molecular flexibility index (Phi) is 3.74. The number of fused-ring (bicyclic) bond motifs is 1. The minimum Gasteiger partial charge on any atom is -0.476 e. The van der Waals surface area contributed by atoms with Gasteiger partial charge in [-0.3, -0.25) is 0 Å². The van der Waals surface area contributed by atoms with Crippen molar-refractivity contribution in [3.8, 4) is 5.88 Å². The van der Waals surface area contributed by atoms with E-state index in [9.17, 15) is 0 Å². The molecule has 4 heteroatoms. The molecule has 0 atom stereocenters. The number of ether oxygens (including phenoxy) is 1. The van der Waals surface area contributed by atoms with Crippen LogP contribution in [0.2, 0.25) is 0 Å². The van der Waals surface area contributed by atoms with Crippen molar-refractivity contribution in [2.75, 3.05) is 32.6 Å². The third-order valence-corrected chi connectivity index (χ3v) is 3.47. The van der Waals surface area contributed by atoms with Crippen LogP contribution in [0, 0.1) is 0 Å². The Labute approximate surface area is 119 Å². The van der Waals surface area contributed by atoms with E-state index in [0.29, 0.717) is 12.6 Å². The van der Waals surface area contributed by atoms with Crippen molar-refractivity contribution >= 4 is 16.5 Å². The van der Waals surface area contributed by atoms with E-state index in [-0.39, 0.29) is 0 Å². The van der Waals surface area contributed by atoms with Gasteiger partial charge < -0.3 is 15.0 Å². The third-order valence-electron chi connectivity index (χ3n) is 3.47. The second kappa shape index (κ2) is 5.67. The predicted octanol–water partition coefficient (Wildman–Crippen LogP) is 2.75. The Bertz CT molecular complexity index is 588. The van der Waals surface area contributed by atoms with Gasteiger partial charge in [0.05, 0.1) is 5.39 Å². The Balaban J connectivity index is 1.89. The van der Waals surface area contributed by atoms with Crippen molar-refractivity contribution in [1.29, 1.82) is 0 Å². The van der Waals surface area contributed by atoms with Crippen molar-refractivity contribution in [2.45, 2.75) is 18.9 Å². The van der Waals surface area contributed by atoms with Gasteiger partial charge in [-0.25, -0.2) is 4.98 Å². The van der Waals surface area contributed by atoms with E-state index in [1.807, 2.05) is 26.4 Å². The minimum absolute atomic E-state index is 0.621. The summed E-state index contributed by atoms with van der Waals surface area (Å²) < 4.78 is 5.88. The fraction of sp³-hybridized carbons (Fsp3) is 0.438. The van der Waals surface area contributed by atoms with E-state index >= 15 is 0 Å². The van der Waals surface area contributed by atoms with Crippen molar-refractivity contribution < 1.29 is 4.74 Å². The van der Waals surface area contributed by atoms with Crippen LogP contribution in [-0.2, 0) is 0 Å². The fourth-order valence-corrected chi connectivity index (χ4v) is 2.20. The smallest absolute Gasteiger partial charge is 0.223 e. The Morgan fingerprint density at radius 1 is 1.30 bits per heavy atom. The fourth-order valence-electron chi connectivity index (χ4n) is 2.20. The molecule has 1 saturated carbocycles. The molecule has 0 amide bonds. The van der Waals surface area contributed by atoms with Crippen LogP contribution in [0.5, 0.6) is 5.88 Å².